The Kier molecular flexibility index (Phi) is 5.12. The molecule has 0 aliphatic heterocycles. The number of rotatable bonds is 6. The minimum absolute atomic E-state index is 0.481. The molecule has 1 heterocycles. The summed E-state index contributed by atoms with van der Waals surface area (Å²) >= 11 is 0. The van der Waals surface area contributed by atoms with Gasteiger partial charge in [-0.2, -0.15) is 9.82 Å². The summed E-state index contributed by atoms with van der Waals surface area (Å²) in [4.78, 5) is 11.6. The van der Waals surface area contributed by atoms with Gasteiger partial charge in [-0.25, -0.2) is 12.8 Å². The zero-order valence-electron chi connectivity index (χ0n) is 12.6. The molecule has 0 saturated carbocycles. The summed E-state index contributed by atoms with van der Waals surface area (Å²) in [5.41, 5.74) is 1.21. The lowest BCUT2D eigenvalue weighted by atomic mass is 10.2. The number of aromatic nitrogens is 2. The topological polar surface area (TPSA) is 104 Å². The number of aryl methyl sites for hydroxylation is 1. The van der Waals surface area contributed by atoms with E-state index < -0.39 is 32.7 Å². The molecule has 23 heavy (non-hydrogen) atoms. The van der Waals surface area contributed by atoms with Crippen molar-refractivity contribution in [3.8, 4) is 0 Å². The van der Waals surface area contributed by atoms with Gasteiger partial charge in [0.25, 0.3) is 0 Å². The molecule has 3 N–H and O–H groups in total. The van der Waals surface area contributed by atoms with E-state index in [0.717, 1.165) is 17.8 Å². The Morgan fingerprint density at radius 2 is 2.09 bits per heavy atom. The highest BCUT2D eigenvalue weighted by Gasteiger charge is 2.25. The summed E-state index contributed by atoms with van der Waals surface area (Å²) in [6.07, 6.45) is 2.07. The predicted molar refractivity (Wildman–Crippen MR) is 82.8 cm³/mol. The standard InChI is InChI=1S/C14H17FN4O3S/c1-3-11-12(8-16-18-11)17-14(20)9(2)19-23(21,22)13-7-5-4-6-10(13)15/h4-9,19H,3H2,1-2H3,(H,16,18)(H,17,20). The third-order valence-corrected chi connectivity index (χ3v) is 4.76. The second-order valence-electron chi connectivity index (χ2n) is 4.88. The van der Waals surface area contributed by atoms with Crippen LogP contribution in [0.25, 0.3) is 0 Å². The molecular weight excluding hydrogens is 323 g/mol. The van der Waals surface area contributed by atoms with Gasteiger partial charge in [-0.1, -0.05) is 19.1 Å². The first-order valence-corrected chi connectivity index (χ1v) is 8.43. The van der Waals surface area contributed by atoms with Gasteiger partial charge in [0.2, 0.25) is 15.9 Å². The number of carbonyl (C=O) groups excluding carboxylic acids is 1. The molecule has 124 valence electrons. The molecule has 2 rings (SSSR count). The number of carbonyl (C=O) groups is 1. The molecule has 0 aliphatic rings. The molecule has 1 amide bonds. The Hall–Kier alpha value is -2.26. The van der Waals surface area contributed by atoms with Gasteiger partial charge in [-0.15, -0.1) is 0 Å². The molecule has 1 unspecified atom stereocenters. The smallest absolute Gasteiger partial charge is 0.244 e. The quantitative estimate of drug-likeness (QED) is 0.740. The minimum Gasteiger partial charge on any atom is -0.322 e. The number of nitrogens with zero attached hydrogens (tertiary/aromatic N) is 1. The first kappa shape index (κ1) is 17.1. The SMILES string of the molecule is CCc1[nH]ncc1NC(=O)C(C)NS(=O)(=O)c1ccccc1F. The van der Waals surface area contributed by atoms with E-state index in [0.29, 0.717) is 12.1 Å². The van der Waals surface area contributed by atoms with Crippen LogP contribution in [0.4, 0.5) is 10.1 Å². The normalized spacial score (nSPS) is 12.8. The number of H-pyrrole nitrogens is 1. The van der Waals surface area contributed by atoms with Crippen LogP contribution >= 0.6 is 0 Å². The summed E-state index contributed by atoms with van der Waals surface area (Å²) in [5.74, 6) is -1.45. The van der Waals surface area contributed by atoms with E-state index in [1.165, 1.54) is 25.3 Å². The fourth-order valence-electron chi connectivity index (χ4n) is 1.94. The molecule has 1 aromatic heterocycles. The highest BCUT2D eigenvalue weighted by atomic mass is 32.2. The summed E-state index contributed by atoms with van der Waals surface area (Å²) < 4.78 is 40.0. The second kappa shape index (κ2) is 6.88. The molecule has 9 heteroatoms. The Morgan fingerprint density at radius 3 is 2.74 bits per heavy atom. The lowest BCUT2D eigenvalue weighted by Crippen LogP contribution is -2.41. The highest BCUT2D eigenvalue weighted by Crippen LogP contribution is 2.15. The molecule has 1 atom stereocenters. The van der Waals surface area contributed by atoms with Crippen molar-refractivity contribution in [2.24, 2.45) is 0 Å². The fourth-order valence-corrected chi connectivity index (χ4v) is 3.23. The van der Waals surface area contributed by atoms with Crippen molar-refractivity contribution in [2.45, 2.75) is 31.2 Å². The molecular formula is C14H17FN4O3S. The Labute approximate surface area is 133 Å². The third kappa shape index (κ3) is 3.93. The van der Waals surface area contributed by atoms with Gasteiger partial charge >= 0.3 is 0 Å². The van der Waals surface area contributed by atoms with Crippen molar-refractivity contribution in [1.82, 2.24) is 14.9 Å². The van der Waals surface area contributed by atoms with Crippen molar-refractivity contribution >= 4 is 21.6 Å². The van der Waals surface area contributed by atoms with Crippen LogP contribution in [-0.4, -0.2) is 30.6 Å². The van der Waals surface area contributed by atoms with Gasteiger partial charge < -0.3 is 5.32 Å². The number of hydrogen-bond donors (Lipinski definition) is 3. The molecule has 0 fully saturated rings. The van der Waals surface area contributed by atoms with Crippen LogP contribution in [0.3, 0.4) is 0 Å². The molecule has 1 aromatic carbocycles. The summed E-state index contributed by atoms with van der Waals surface area (Å²) in [7, 11) is -4.14. The van der Waals surface area contributed by atoms with Gasteiger partial charge in [0.1, 0.15) is 10.7 Å². The van der Waals surface area contributed by atoms with E-state index in [1.807, 2.05) is 6.92 Å². The van der Waals surface area contributed by atoms with Crippen molar-refractivity contribution in [3.63, 3.8) is 0 Å². The maximum atomic E-state index is 13.6. The van der Waals surface area contributed by atoms with Gasteiger partial charge in [-0.05, 0) is 25.5 Å². The predicted octanol–water partition coefficient (Wildman–Crippen LogP) is 1.42. The van der Waals surface area contributed by atoms with Crippen LogP contribution in [0.5, 0.6) is 0 Å². The van der Waals surface area contributed by atoms with Crippen molar-refractivity contribution in [3.05, 3.63) is 42.0 Å². The second-order valence-corrected chi connectivity index (χ2v) is 6.56. The van der Waals surface area contributed by atoms with Crippen LogP contribution in [0.15, 0.2) is 35.4 Å². The average molecular weight is 340 g/mol. The van der Waals surface area contributed by atoms with Crippen LogP contribution < -0.4 is 10.0 Å². The van der Waals surface area contributed by atoms with E-state index in [9.17, 15) is 17.6 Å². The molecule has 0 aliphatic carbocycles. The molecule has 7 nitrogen and oxygen atoms in total. The monoisotopic (exact) mass is 340 g/mol. The third-order valence-electron chi connectivity index (χ3n) is 3.18. The number of amides is 1. The van der Waals surface area contributed by atoms with Crippen LogP contribution in [-0.2, 0) is 21.2 Å². The molecule has 0 spiro atoms. The van der Waals surface area contributed by atoms with Gasteiger partial charge in [0.05, 0.1) is 23.6 Å². The number of halogens is 1. The largest absolute Gasteiger partial charge is 0.322 e. The Morgan fingerprint density at radius 1 is 1.39 bits per heavy atom. The summed E-state index contributed by atoms with van der Waals surface area (Å²) in [6, 6.07) is 3.88. The minimum atomic E-state index is -4.14. The number of anilines is 1. The van der Waals surface area contributed by atoms with Crippen LogP contribution in [0.1, 0.15) is 19.5 Å². The lowest BCUT2D eigenvalue weighted by Gasteiger charge is -2.14. The first-order chi connectivity index (χ1) is 10.8. The lowest BCUT2D eigenvalue weighted by molar-refractivity contribution is -0.117. The molecule has 2 aromatic rings. The number of aromatic amines is 1. The Balaban J connectivity index is 2.10. The molecule has 0 radical (unpaired) electrons. The average Bonchev–Trinajstić information content (AvgIpc) is 2.94. The molecule has 0 saturated heterocycles. The maximum Gasteiger partial charge on any atom is 0.244 e. The van der Waals surface area contributed by atoms with Gasteiger partial charge in [0.15, 0.2) is 0 Å². The van der Waals surface area contributed by atoms with Crippen molar-refractivity contribution in [2.75, 3.05) is 5.32 Å². The van der Waals surface area contributed by atoms with E-state index in [1.54, 1.807) is 0 Å². The van der Waals surface area contributed by atoms with Gasteiger partial charge in [0, 0.05) is 0 Å². The van der Waals surface area contributed by atoms with Crippen LogP contribution in [0.2, 0.25) is 0 Å². The van der Waals surface area contributed by atoms with Gasteiger partial charge in [-0.3, -0.25) is 9.89 Å². The Bertz CT molecular complexity index is 804. The van der Waals surface area contributed by atoms with E-state index in [-0.39, 0.29) is 0 Å². The number of nitrogens with one attached hydrogen (secondary N) is 3. The van der Waals surface area contributed by atoms with Crippen molar-refractivity contribution in [1.29, 1.82) is 0 Å². The highest BCUT2D eigenvalue weighted by molar-refractivity contribution is 7.89. The summed E-state index contributed by atoms with van der Waals surface area (Å²) in [5, 5.41) is 9.12. The van der Waals surface area contributed by atoms with Crippen molar-refractivity contribution < 1.29 is 17.6 Å². The number of benzene rings is 1. The van der Waals surface area contributed by atoms with E-state index in [4.69, 9.17) is 0 Å². The van der Waals surface area contributed by atoms with Crippen LogP contribution in [0, 0.1) is 5.82 Å². The zero-order valence-corrected chi connectivity index (χ0v) is 13.4. The maximum absolute atomic E-state index is 13.6. The summed E-state index contributed by atoms with van der Waals surface area (Å²) in [6.45, 7) is 3.26. The first-order valence-electron chi connectivity index (χ1n) is 6.95. The van der Waals surface area contributed by atoms with E-state index in [2.05, 4.69) is 20.2 Å². The number of sulfonamides is 1. The fraction of sp³-hybridized carbons (Fsp3) is 0.286. The number of hydrogen-bond acceptors (Lipinski definition) is 4. The molecule has 0 bridgehead atoms. The van der Waals surface area contributed by atoms with E-state index >= 15 is 0 Å². The zero-order chi connectivity index (χ0) is 17.0.